The van der Waals surface area contributed by atoms with E-state index < -0.39 is 15.1 Å². The maximum Gasteiger partial charge on any atom is 0.208 e. The third-order valence-corrected chi connectivity index (χ3v) is 7.65. The first-order valence-corrected chi connectivity index (χ1v) is 12.8. The van der Waals surface area contributed by atoms with Gasteiger partial charge in [0.25, 0.3) is 0 Å². The Kier molecular flexibility index (Phi) is 8.50. The van der Waals surface area contributed by atoms with Crippen molar-refractivity contribution in [1.82, 2.24) is 15.3 Å². The van der Waals surface area contributed by atoms with Gasteiger partial charge in [-0.15, -0.1) is 0 Å². The summed E-state index contributed by atoms with van der Waals surface area (Å²) in [4.78, 5) is 22.0. The van der Waals surface area contributed by atoms with Gasteiger partial charge in [0, 0.05) is 34.7 Å². The standard InChI is InChI=1S/C26H30N4O4S.3H2/c1-17(2)35(33,34)22-10-8-21(9-11-22)24-16-29-18(3)26(30-24)25(32)14-23(27)20-6-4-19(5-7-20)15-28-12-13-31;;;/h4-11,14,16-17,28,31H,12-13,15,27H2,1-3H3;3*1H. The van der Waals surface area contributed by atoms with E-state index in [2.05, 4.69) is 15.3 Å². The topological polar surface area (TPSA) is 135 Å². The molecule has 35 heavy (non-hydrogen) atoms. The molecule has 3 aromatic rings. The Hall–Kier alpha value is -3.40. The molecular formula is C26H36N4O4S. The van der Waals surface area contributed by atoms with E-state index in [0.717, 1.165) is 5.56 Å². The molecule has 0 amide bonds. The first-order valence-electron chi connectivity index (χ1n) is 11.2. The molecule has 1 heterocycles. The Labute approximate surface area is 210 Å². The molecule has 0 unspecified atom stereocenters. The summed E-state index contributed by atoms with van der Waals surface area (Å²) in [7, 11) is -3.38. The molecule has 0 bridgehead atoms. The van der Waals surface area contributed by atoms with Crippen molar-refractivity contribution in [2.45, 2.75) is 37.5 Å². The molecule has 0 radical (unpaired) electrons. The smallest absolute Gasteiger partial charge is 0.208 e. The Morgan fingerprint density at radius 1 is 1.14 bits per heavy atom. The van der Waals surface area contributed by atoms with Crippen LogP contribution < -0.4 is 11.1 Å². The molecule has 2 aromatic carbocycles. The van der Waals surface area contributed by atoms with Crippen LogP contribution in [0.2, 0.25) is 0 Å². The number of aryl methyl sites for hydroxylation is 1. The van der Waals surface area contributed by atoms with E-state index in [1.54, 1.807) is 39.1 Å². The van der Waals surface area contributed by atoms with E-state index in [4.69, 9.17) is 10.8 Å². The zero-order valence-electron chi connectivity index (χ0n) is 20.0. The number of nitrogens with one attached hydrogen (secondary N) is 1. The van der Waals surface area contributed by atoms with Crippen molar-refractivity contribution in [3.05, 3.63) is 83.3 Å². The van der Waals surface area contributed by atoms with Gasteiger partial charge in [-0.3, -0.25) is 9.78 Å². The zero-order chi connectivity index (χ0) is 25.6. The molecule has 190 valence electrons. The summed E-state index contributed by atoms with van der Waals surface area (Å²) in [6.45, 7) is 6.17. The number of aromatic nitrogens is 2. The van der Waals surface area contributed by atoms with Gasteiger partial charge in [-0.25, -0.2) is 13.4 Å². The van der Waals surface area contributed by atoms with Crippen molar-refractivity contribution >= 4 is 21.3 Å². The lowest BCUT2D eigenvalue weighted by Crippen LogP contribution is -2.17. The van der Waals surface area contributed by atoms with Crippen molar-refractivity contribution in [1.29, 1.82) is 0 Å². The first kappa shape index (κ1) is 26.2. The van der Waals surface area contributed by atoms with Gasteiger partial charge in [0.15, 0.2) is 9.84 Å². The van der Waals surface area contributed by atoms with E-state index >= 15 is 0 Å². The van der Waals surface area contributed by atoms with Crippen LogP contribution in [0, 0.1) is 6.92 Å². The molecule has 1 aromatic heterocycles. The Morgan fingerprint density at radius 3 is 2.40 bits per heavy atom. The number of nitrogens with zero attached hydrogens (tertiary/aromatic N) is 2. The molecule has 0 aliphatic carbocycles. The monoisotopic (exact) mass is 500 g/mol. The second-order valence-corrected chi connectivity index (χ2v) is 10.9. The van der Waals surface area contributed by atoms with E-state index in [1.165, 1.54) is 18.2 Å². The summed E-state index contributed by atoms with van der Waals surface area (Å²) in [6.07, 6.45) is 2.88. The number of sulfone groups is 1. The van der Waals surface area contributed by atoms with Gasteiger partial charge in [0.2, 0.25) is 5.78 Å². The summed E-state index contributed by atoms with van der Waals surface area (Å²) in [5, 5.41) is 11.4. The lowest BCUT2D eigenvalue weighted by molar-refractivity contribution is 0.104. The number of aliphatic hydroxyl groups excluding tert-OH is 1. The molecule has 0 aliphatic rings. The molecule has 0 saturated heterocycles. The third kappa shape index (κ3) is 6.39. The normalized spacial score (nSPS) is 12.2. The second kappa shape index (κ2) is 11.4. The summed E-state index contributed by atoms with van der Waals surface area (Å²) >= 11 is 0. The zero-order valence-corrected chi connectivity index (χ0v) is 20.8. The van der Waals surface area contributed by atoms with Gasteiger partial charge in [-0.2, -0.15) is 0 Å². The van der Waals surface area contributed by atoms with Crippen molar-refractivity contribution in [2.75, 3.05) is 13.2 Å². The number of allylic oxidation sites excluding steroid dienone is 1. The number of aliphatic hydroxyl groups is 1. The predicted octanol–water partition coefficient (Wildman–Crippen LogP) is 3.64. The average molecular weight is 501 g/mol. The minimum Gasteiger partial charge on any atom is -0.398 e. The van der Waals surface area contributed by atoms with Crippen molar-refractivity contribution in [2.24, 2.45) is 5.73 Å². The highest BCUT2D eigenvalue weighted by molar-refractivity contribution is 7.92. The second-order valence-electron chi connectivity index (χ2n) is 8.37. The van der Waals surface area contributed by atoms with Crippen LogP contribution in [0.5, 0.6) is 0 Å². The summed E-state index contributed by atoms with van der Waals surface area (Å²) < 4.78 is 24.7. The fourth-order valence-electron chi connectivity index (χ4n) is 3.33. The Morgan fingerprint density at radius 2 is 1.80 bits per heavy atom. The molecule has 3 rings (SSSR count). The molecular weight excluding hydrogens is 464 g/mol. The number of carbonyl (C=O) groups is 1. The van der Waals surface area contributed by atoms with Gasteiger partial charge in [-0.1, -0.05) is 36.4 Å². The molecule has 0 aliphatic heterocycles. The number of benzene rings is 2. The first-order chi connectivity index (χ1) is 16.6. The minimum absolute atomic E-state index is 0. The Balaban J connectivity index is 0.00000456. The highest BCUT2D eigenvalue weighted by Gasteiger charge is 2.19. The van der Waals surface area contributed by atoms with Crippen LogP contribution in [-0.4, -0.2) is 47.7 Å². The fraction of sp³-hybridized carbons (Fsp3) is 0.269. The molecule has 0 saturated carbocycles. The van der Waals surface area contributed by atoms with Gasteiger partial charge < -0.3 is 16.2 Å². The fourth-order valence-corrected chi connectivity index (χ4v) is 4.39. The van der Waals surface area contributed by atoms with Crippen LogP contribution in [-0.2, 0) is 16.4 Å². The number of hydrogen-bond acceptors (Lipinski definition) is 8. The maximum absolute atomic E-state index is 13.0. The molecule has 0 spiro atoms. The highest BCUT2D eigenvalue weighted by atomic mass is 32.2. The van der Waals surface area contributed by atoms with Crippen molar-refractivity contribution in [3.8, 4) is 11.3 Å². The number of ketones is 1. The molecule has 0 fully saturated rings. The predicted molar refractivity (Wildman–Crippen MR) is 143 cm³/mol. The number of rotatable bonds is 10. The van der Waals surface area contributed by atoms with Crippen molar-refractivity contribution < 1.29 is 22.6 Å². The molecule has 9 heteroatoms. The lowest BCUT2D eigenvalue weighted by atomic mass is 10.1. The van der Waals surface area contributed by atoms with E-state index in [9.17, 15) is 13.2 Å². The number of carbonyl (C=O) groups excluding carboxylic acids is 1. The summed E-state index contributed by atoms with van der Waals surface area (Å²) in [5.41, 5.74) is 9.96. The van der Waals surface area contributed by atoms with Gasteiger partial charge in [0.1, 0.15) is 5.69 Å². The number of hydrogen-bond donors (Lipinski definition) is 3. The van der Waals surface area contributed by atoms with Crippen LogP contribution in [0.25, 0.3) is 17.0 Å². The summed E-state index contributed by atoms with van der Waals surface area (Å²) in [5.74, 6) is -0.373. The SMILES string of the molecule is Cc1ncc(-c2ccc(S(=O)(=O)C(C)C)cc2)nc1C(=O)C=C(N)c1ccc(CNCCO)cc1.[HH].[HH].[HH]. The highest BCUT2D eigenvalue weighted by Crippen LogP contribution is 2.23. The van der Waals surface area contributed by atoms with E-state index in [0.29, 0.717) is 41.3 Å². The van der Waals surface area contributed by atoms with Gasteiger partial charge in [0.05, 0.1) is 34.3 Å². The Bertz CT molecular complexity index is 1330. The largest absolute Gasteiger partial charge is 0.398 e. The van der Waals surface area contributed by atoms with Crippen LogP contribution in [0.1, 0.15) is 45.4 Å². The van der Waals surface area contributed by atoms with Crippen LogP contribution in [0.3, 0.4) is 0 Å². The maximum atomic E-state index is 13.0. The van der Waals surface area contributed by atoms with Crippen LogP contribution >= 0.6 is 0 Å². The quantitative estimate of drug-likeness (QED) is 0.218. The molecule has 8 nitrogen and oxygen atoms in total. The van der Waals surface area contributed by atoms with Crippen LogP contribution in [0.15, 0.2) is 65.7 Å². The van der Waals surface area contributed by atoms with Gasteiger partial charge in [-0.05, 0) is 44.0 Å². The molecule has 4 N–H and O–H groups in total. The van der Waals surface area contributed by atoms with E-state index in [-0.39, 0.29) is 27.3 Å². The third-order valence-electron chi connectivity index (χ3n) is 5.48. The average Bonchev–Trinajstić information content (AvgIpc) is 2.84. The van der Waals surface area contributed by atoms with Crippen LogP contribution in [0.4, 0.5) is 0 Å². The minimum atomic E-state index is -3.38. The van der Waals surface area contributed by atoms with E-state index in [1.807, 2.05) is 24.3 Å². The summed E-state index contributed by atoms with van der Waals surface area (Å²) in [6, 6.07) is 13.9. The number of nitrogens with two attached hydrogens (primary N) is 1. The molecule has 0 atom stereocenters. The lowest BCUT2D eigenvalue weighted by Gasteiger charge is -2.09. The van der Waals surface area contributed by atoms with Crippen molar-refractivity contribution in [3.63, 3.8) is 0 Å². The van der Waals surface area contributed by atoms with Gasteiger partial charge >= 0.3 is 0 Å².